The zero-order valence-corrected chi connectivity index (χ0v) is 8.14. The van der Waals surface area contributed by atoms with Crippen molar-refractivity contribution < 1.29 is 14.7 Å². The number of carboxylic acid groups (broad SMARTS) is 1. The molecule has 1 rings (SSSR count). The Labute approximate surface area is 82.3 Å². The number of carbonyl (C=O) groups excluding carboxylic acids is 1. The van der Waals surface area contributed by atoms with Crippen LogP contribution in [0, 0.1) is 0 Å². The summed E-state index contributed by atoms with van der Waals surface area (Å²) in [5.41, 5.74) is 5.34. The molecular formula is C8H15N3O3. The molecule has 1 fully saturated rings. The second kappa shape index (κ2) is 4.28. The fourth-order valence-corrected chi connectivity index (χ4v) is 1.42. The van der Waals surface area contributed by atoms with Gasteiger partial charge in [0, 0.05) is 26.7 Å². The Morgan fingerprint density at radius 3 is 2.86 bits per heavy atom. The Kier molecular flexibility index (Phi) is 3.29. The van der Waals surface area contributed by atoms with E-state index in [1.54, 1.807) is 11.9 Å². The Hall–Kier alpha value is -1.30. The fraction of sp³-hybridized carbons (Fsp3) is 0.750. The van der Waals surface area contributed by atoms with Crippen LogP contribution in [0.5, 0.6) is 0 Å². The van der Waals surface area contributed by atoms with Gasteiger partial charge >= 0.3 is 12.0 Å². The third-order valence-electron chi connectivity index (χ3n) is 2.25. The summed E-state index contributed by atoms with van der Waals surface area (Å²) in [6, 6.07) is -1.14. The summed E-state index contributed by atoms with van der Waals surface area (Å²) in [5.74, 6) is -1.08. The van der Waals surface area contributed by atoms with E-state index in [1.807, 2.05) is 0 Å². The molecule has 0 aliphatic carbocycles. The molecule has 0 saturated carbocycles. The minimum Gasteiger partial charge on any atom is -0.480 e. The lowest BCUT2D eigenvalue weighted by atomic mass is 10.2. The molecule has 14 heavy (non-hydrogen) atoms. The minimum absolute atomic E-state index is 0.0819. The molecule has 1 aliphatic rings. The first-order valence-corrected chi connectivity index (χ1v) is 4.51. The van der Waals surface area contributed by atoms with Gasteiger partial charge in [-0.15, -0.1) is 0 Å². The quantitative estimate of drug-likeness (QED) is 0.623. The number of urea groups is 1. The summed E-state index contributed by atoms with van der Waals surface area (Å²) in [4.78, 5) is 25.0. The van der Waals surface area contributed by atoms with Crippen LogP contribution in [-0.4, -0.2) is 59.6 Å². The first-order chi connectivity index (χ1) is 6.52. The summed E-state index contributed by atoms with van der Waals surface area (Å²) < 4.78 is 0. The van der Waals surface area contributed by atoms with Gasteiger partial charge in [-0.3, -0.25) is 4.79 Å². The first-order valence-electron chi connectivity index (χ1n) is 4.51. The van der Waals surface area contributed by atoms with Gasteiger partial charge < -0.3 is 20.6 Å². The zero-order valence-electron chi connectivity index (χ0n) is 8.14. The van der Waals surface area contributed by atoms with E-state index >= 15 is 0 Å². The van der Waals surface area contributed by atoms with Gasteiger partial charge in [-0.25, -0.2) is 4.79 Å². The van der Waals surface area contributed by atoms with Gasteiger partial charge in [-0.1, -0.05) is 0 Å². The summed E-state index contributed by atoms with van der Waals surface area (Å²) in [7, 11) is 1.70. The van der Waals surface area contributed by atoms with Gasteiger partial charge in [0.25, 0.3) is 0 Å². The van der Waals surface area contributed by atoms with E-state index in [0.29, 0.717) is 6.54 Å². The molecule has 6 nitrogen and oxygen atoms in total. The van der Waals surface area contributed by atoms with Gasteiger partial charge in [-0.05, 0) is 6.42 Å². The van der Waals surface area contributed by atoms with Crippen molar-refractivity contribution in [2.24, 2.45) is 5.73 Å². The Morgan fingerprint density at radius 2 is 2.29 bits per heavy atom. The van der Waals surface area contributed by atoms with Crippen LogP contribution in [0.25, 0.3) is 0 Å². The third-order valence-corrected chi connectivity index (χ3v) is 2.25. The Bertz CT molecular complexity index is 244. The molecule has 0 aromatic carbocycles. The van der Waals surface area contributed by atoms with Crippen molar-refractivity contribution in [3.63, 3.8) is 0 Å². The van der Waals surface area contributed by atoms with Crippen molar-refractivity contribution in [3.05, 3.63) is 0 Å². The lowest BCUT2D eigenvalue weighted by Gasteiger charge is -2.34. The maximum Gasteiger partial charge on any atom is 0.322 e. The Balaban J connectivity index is 2.51. The summed E-state index contributed by atoms with van der Waals surface area (Å²) in [6.45, 7) is 1.39. The zero-order chi connectivity index (χ0) is 10.7. The van der Waals surface area contributed by atoms with Crippen molar-refractivity contribution in [3.8, 4) is 0 Å². The molecule has 6 heteroatoms. The molecule has 1 heterocycles. The number of aliphatic carboxylic acids is 1. The molecule has 3 N–H and O–H groups in total. The highest BCUT2D eigenvalue weighted by Gasteiger charge is 2.25. The van der Waals surface area contributed by atoms with E-state index in [2.05, 4.69) is 0 Å². The highest BCUT2D eigenvalue weighted by molar-refractivity contribution is 5.77. The van der Waals surface area contributed by atoms with Crippen molar-refractivity contribution in [1.29, 1.82) is 0 Å². The largest absolute Gasteiger partial charge is 0.480 e. The standard InChI is InChI=1S/C8H15N3O3/c1-10-3-2-4-11(8(10)14)5-6(9)7(12)13/h6H,2-5,9H2,1H3,(H,12,13). The van der Waals surface area contributed by atoms with Crippen LogP contribution < -0.4 is 5.73 Å². The molecule has 1 unspecified atom stereocenters. The maximum atomic E-state index is 11.5. The number of carbonyl (C=O) groups is 2. The lowest BCUT2D eigenvalue weighted by Crippen LogP contribution is -2.52. The molecule has 0 radical (unpaired) electrons. The van der Waals surface area contributed by atoms with Gasteiger partial charge in [0.05, 0.1) is 0 Å². The van der Waals surface area contributed by atoms with E-state index < -0.39 is 12.0 Å². The van der Waals surface area contributed by atoms with E-state index in [0.717, 1.165) is 13.0 Å². The number of nitrogens with two attached hydrogens (primary N) is 1. The van der Waals surface area contributed by atoms with Crippen molar-refractivity contribution in [2.45, 2.75) is 12.5 Å². The summed E-state index contributed by atoms with van der Waals surface area (Å²) in [6.07, 6.45) is 0.856. The maximum absolute atomic E-state index is 11.5. The van der Waals surface area contributed by atoms with E-state index in [9.17, 15) is 9.59 Å². The highest BCUT2D eigenvalue weighted by atomic mass is 16.4. The molecule has 1 atom stereocenters. The van der Waals surface area contributed by atoms with Crippen LogP contribution in [0.4, 0.5) is 4.79 Å². The van der Waals surface area contributed by atoms with Crippen molar-refractivity contribution in [2.75, 3.05) is 26.7 Å². The lowest BCUT2D eigenvalue weighted by molar-refractivity contribution is -0.138. The number of amides is 2. The number of rotatable bonds is 3. The van der Waals surface area contributed by atoms with Gasteiger partial charge in [0.1, 0.15) is 6.04 Å². The normalized spacial score (nSPS) is 19.7. The van der Waals surface area contributed by atoms with Crippen LogP contribution in [-0.2, 0) is 4.79 Å². The topological polar surface area (TPSA) is 86.9 Å². The van der Waals surface area contributed by atoms with Crippen molar-refractivity contribution >= 4 is 12.0 Å². The fourth-order valence-electron chi connectivity index (χ4n) is 1.42. The predicted octanol–water partition coefficient (Wildman–Crippen LogP) is -0.844. The van der Waals surface area contributed by atoms with Gasteiger partial charge in [0.2, 0.25) is 0 Å². The summed E-state index contributed by atoms with van der Waals surface area (Å²) in [5, 5.41) is 8.59. The SMILES string of the molecule is CN1CCCN(CC(N)C(=O)O)C1=O. The number of nitrogens with zero attached hydrogens (tertiary/aromatic N) is 2. The molecule has 0 spiro atoms. The Morgan fingerprint density at radius 1 is 1.64 bits per heavy atom. The minimum atomic E-state index is -1.08. The molecule has 0 aromatic rings. The predicted molar refractivity (Wildman–Crippen MR) is 49.8 cm³/mol. The molecule has 1 saturated heterocycles. The monoisotopic (exact) mass is 201 g/mol. The van der Waals surface area contributed by atoms with Gasteiger partial charge in [-0.2, -0.15) is 0 Å². The number of hydrogen-bond acceptors (Lipinski definition) is 3. The second-order valence-electron chi connectivity index (χ2n) is 3.45. The average molecular weight is 201 g/mol. The van der Waals surface area contributed by atoms with Crippen LogP contribution in [0.15, 0.2) is 0 Å². The number of hydrogen-bond donors (Lipinski definition) is 2. The third kappa shape index (κ3) is 2.35. The molecule has 0 aromatic heterocycles. The second-order valence-corrected chi connectivity index (χ2v) is 3.45. The van der Waals surface area contributed by atoms with Crippen LogP contribution >= 0.6 is 0 Å². The van der Waals surface area contributed by atoms with E-state index in [4.69, 9.17) is 10.8 Å². The molecular weight excluding hydrogens is 186 g/mol. The van der Waals surface area contributed by atoms with E-state index in [1.165, 1.54) is 4.90 Å². The smallest absolute Gasteiger partial charge is 0.322 e. The average Bonchev–Trinajstić information content (AvgIpc) is 2.12. The molecule has 80 valence electrons. The highest BCUT2D eigenvalue weighted by Crippen LogP contribution is 2.06. The number of carboxylic acids is 1. The van der Waals surface area contributed by atoms with Crippen LogP contribution in [0.3, 0.4) is 0 Å². The van der Waals surface area contributed by atoms with Crippen LogP contribution in [0.1, 0.15) is 6.42 Å². The van der Waals surface area contributed by atoms with Crippen molar-refractivity contribution in [1.82, 2.24) is 9.80 Å². The van der Waals surface area contributed by atoms with E-state index in [-0.39, 0.29) is 12.6 Å². The van der Waals surface area contributed by atoms with Crippen LogP contribution in [0.2, 0.25) is 0 Å². The summed E-state index contributed by atoms with van der Waals surface area (Å²) >= 11 is 0. The van der Waals surface area contributed by atoms with Gasteiger partial charge in [0.15, 0.2) is 0 Å². The molecule has 0 bridgehead atoms. The molecule has 2 amide bonds. The first kappa shape index (κ1) is 10.8. The molecule has 1 aliphatic heterocycles.